The van der Waals surface area contributed by atoms with Gasteiger partial charge in [0.25, 0.3) is 5.91 Å². The van der Waals surface area contributed by atoms with Gasteiger partial charge in [0.2, 0.25) is 5.91 Å². The van der Waals surface area contributed by atoms with Crippen LogP contribution >= 0.6 is 0 Å². The highest BCUT2D eigenvalue weighted by Crippen LogP contribution is 2.22. The Morgan fingerprint density at radius 1 is 0.963 bits per heavy atom. The maximum Gasteiger partial charge on any atom is 0.292 e. The van der Waals surface area contributed by atoms with Crippen LogP contribution in [0.4, 0.5) is 10.1 Å². The molecule has 0 radical (unpaired) electrons. The minimum Gasteiger partial charge on any atom is -0.322 e. The predicted octanol–water partition coefficient (Wildman–Crippen LogP) is -0.559. The SMILES string of the molecule is O=C1C[C@H]([NH+]2CC[NH+](Cc3ccccc3)CC2)C(=O)N1c1cccc(F)c1. The predicted molar refractivity (Wildman–Crippen MR) is 98.8 cm³/mol. The Bertz CT molecular complexity index is 834. The maximum absolute atomic E-state index is 13.5. The van der Waals surface area contributed by atoms with Gasteiger partial charge in [0, 0.05) is 5.56 Å². The molecule has 5 nitrogen and oxygen atoms in total. The first kappa shape index (κ1) is 17.8. The zero-order valence-corrected chi connectivity index (χ0v) is 15.2. The Morgan fingerprint density at radius 2 is 1.70 bits per heavy atom. The average molecular weight is 369 g/mol. The van der Waals surface area contributed by atoms with Gasteiger partial charge < -0.3 is 9.80 Å². The van der Waals surface area contributed by atoms with Crippen LogP contribution in [0.3, 0.4) is 0 Å². The molecule has 4 rings (SSSR count). The third-order valence-corrected chi connectivity index (χ3v) is 5.60. The summed E-state index contributed by atoms with van der Waals surface area (Å²) in [7, 11) is 0. The quantitative estimate of drug-likeness (QED) is 0.710. The lowest BCUT2D eigenvalue weighted by molar-refractivity contribution is -1.02. The van der Waals surface area contributed by atoms with Gasteiger partial charge in [-0.2, -0.15) is 0 Å². The van der Waals surface area contributed by atoms with E-state index in [0.717, 1.165) is 37.6 Å². The molecular formula is C21H24FN3O2+2. The average Bonchev–Trinajstić information content (AvgIpc) is 2.97. The second kappa shape index (κ2) is 7.58. The second-order valence-electron chi connectivity index (χ2n) is 7.37. The monoisotopic (exact) mass is 369 g/mol. The Hall–Kier alpha value is -2.57. The van der Waals surface area contributed by atoms with Crippen LogP contribution in [0.25, 0.3) is 0 Å². The molecule has 2 aliphatic heterocycles. The molecule has 0 spiro atoms. The van der Waals surface area contributed by atoms with Gasteiger partial charge in [-0.1, -0.05) is 36.4 Å². The highest BCUT2D eigenvalue weighted by molar-refractivity contribution is 6.21. The van der Waals surface area contributed by atoms with E-state index in [-0.39, 0.29) is 24.3 Å². The summed E-state index contributed by atoms with van der Waals surface area (Å²) in [5, 5.41) is 0. The number of hydrogen-bond acceptors (Lipinski definition) is 2. The van der Waals surface area contributed by atoms with Crippen LogP contribution in [0.5, 0.6) is 0 Å². The van der Waals surface area contributed by atoms with Gasteiger partial charge in [-0.15, -0.1) is 0 Å². The minimum absolute atomic E-state index is 0.202. The van der Waals surface area contributed by atoms with Crippen LogP contribution in [0.1, 0.15) is 12.0 Å². The molecule has 2 heterocycles. The van der Waals surface area contributed by atoms with Gasteiger partial charge in [-0.3, -0.25) is 9.59 Å². The molecule has 0 aliphatic carbocycles. The standard InChI is InChI=1S/C21H22FN3O2/c22-17-7-4-8-18(13-17)25-20(26)14-19(21(25)27)24-11-9-23(10-12-24)15-16-5-2-1-3-6-16/h1-8,13,19H,9-12,14-15H2/p+2/t19-/m0/s1. The van der Waals surface area contributed by atoms with Gasteiger partial charge in [0.1, 0.15) is 38.5 Å². The van der Waals surface area contributed by atoms with Gasteiger partial charge >= 0.3 is 0 Å². The molecule has 2 fully saturated rings. The number of imide groups is 1. The van der Waals surface area contributed by atoms with Crippen LogP contribution in [0.15, 0.2) is 54.6 Å². The molecule has 0 unspecified atom stereocenters. The van der Waals surface area contributed by atoms with Crippen LogP contribution in [-0.4, -0.2) is 44.0 Å². The summed E-state index contributed by atoms with van der Waals surface area (Å²) < 4.78 is 13.5. The Labute approximate surface area is 158 Å². The van der Waals surface area contributed by atoms with Crippen molar-refractivity contribution in [3.05, 3.63) is 66.0 Å². The number of rotatable bonds is 4. The van der Waals surface area contributed by atoms with Crippen LogP contribution in [0, 0.1) is 5.82 Å². The number of anilines is 1. The fourth-order valence-electron chi connectivity index (χ4n) is 4.17. The van der Waals surface area contributed by atoms with Gasteiger partial charge in [0.15, 0.2) is 6.04 Å². The van der Waals surface area contributed by atoms with Crippen LogP contribution in [-0.2, 0) is 16.1 Å². The molecule has 6 heteroatoms. The lowest BCUT2D eigenvalue weighted by Gasteiger charge is -2.32. The number of nitrogens with zero attached hydrogens (tertiary/aromatic N) is 1. The largest absolute Gasteiger partial charge is 0.322 e. The van der Waals surface area contributed by atoms with Crippen molar-refractivity contribution in [3.8, 4) is 0 Å². The number of carbonyl (C=O) groups is 2. The minimum atomic E-state index is -0.443. The van der Waals surface area contributed by atoms with Crippen molar-refractivity contribution >= 4 is 17.5 Å². The van der Waals surface area contributed by atoms with E-state index in [2.05, 4.69) is 24.3 Å². The number of quaternary nitrogens is 2. The number of hydrogen-bond donors (Lipinski definition) is 2. The van der Waals surface area contributed by atoms with Crippen LogP contribution in [0.2, 0.25) is 0 Å². The number of benzene rings is 2. The molecule has 0 bridgehead atoms. The van der Waals surface area contributed by atoms with E-state index in [9.17, 15) is 14.0 Å². The highest BCUT2D eigenvalue weighted by Gasteiger charge is 2.47. The second-order valence-corrected chi connectivity index (χ2v) is 7.37. The summed E-state index contributed by atoms with van der Waals surface area (Å²) in [5.74, 6) is -0.878. The van der Waals surface area contributed by atoms with Crippen molar-refractivity contribution in [1.82, 2.24) is 0 Å². The number of piperazine rings is 1. The number of halogens is 1. The molecule has 2 aromatic carbocycles. The normalized spacial score (nSPS) is 25.8. The fraction of sp³-hybridized carbons (Fsp3) is 0.333. The van der Waals surface area contributed by atoms with Crippen molar-refractivity contribution in [2.75, 3.05) is 31.1 Å². The highest BCUT2D eigenvalue weighted by atomic mass is 19.1. The van der Waals surface area contributed by atoms with E-state index in [4.69, 9.17) is 0 Å². The third-order valence-electron chi connectivity index (χ3n) is 5.60. The summed E-state index contributed by atoms with van der Waals surface area (Å²) in [6.45, 7) is 4.66. The van der Waals surface area contributed by atoms with E-state index < -0.39 is 5.82 Å². The van der Waals surface area contributed by atoms with E-state index in [0.29, 0.717) is 5.69 Å². The summed E-state index contributed by atoms with van der Waals surface area (Å²) in [5.41, 5.74) is 1.65. The molecular weight excluding hydrogens is 345 g/mol. The fourth-order valence-corrected chi connectivity index (χ4v) is 4.17. The maximum atomic E-state index is 13.5. The molecule has 0 aromatic heterocycles. The van der Waals surface area contributed by atoms with Crippen molar-refractivity contribution in [2.45, 2.75) is 19.0 Å². The Morgan fingerprint density at radius 3 is 2.41 bits per heavy atom. The topological polar surface area (TPSA) is 46.3 Å². The summed E-state index contributed by atoms with van der Waals surface area (Å²) in [6, 6.07) is 15.8. The van der Waals surface area contributed by atoms with E-state index in [1.807, 2.05) is 6.07 Å². The smallest absolute Gasteiger partial charge is 0.292 e. The molecule has 2 aliphatic rings. The summed E-state index contributed by atoms with van der Waals surface area (Å²) in [6.07, 6.45) is 0.207. The Kier molecular flexibility index (Phi) is 5.01. The molecule has 27 heavy (non-hydrogen) atoms. The summed E-state index contributed by atoms with van der Waals surface area (Å²) in [4.78, 5) is 29.1. The van der Waals surface area contributed by atoms with Gasteiger partial charge in [0.05, 0.1) is 12.1 Å². The molecule has 2 N–H and O–H groups in total. The van der Waals surface area contributed by atoms with Crippen molar-refractivity contribution in [2.24, 2.45) is 0 Å². The third kappa shape index (κ3) is 3.77. The first-order valence-electron chi connectivity index (χ1n) is 9.46. The molecule has 1 atom stereocenters. The van der Waals surface area contributed by atoms with E-state index >= 15 is 0 Å². The number of amides is 2. The first-order chi connectivity index (χ1) is 13.1. The van der Waals surface area contributed by atoms with Crippen molar-refractivity contribution < 1.29 is 23.8 Å². The van der Waals surface area contributed by atoms with Gasteiger partial charge in [-0.25, -0.2) is 9.29 Å². The van der Waals surface area contributed by atoms with Crippen molar-refractivity contribution in [3.63, 3.8) is 0 Å². The van der Waals surface area contributed by atoms with Crippen LogP contribution < -0.4 is 14.7 Å². The lowest BCUT2D eigenvalue weighted by atomic mass is 10.1. The molecule has 2 amide bonds. The van der Waals surface area contributed by atoms with Gasteiger partial charge in [-0.05, 0) is 18.2 Å². The Balaban J connectivity index is 1.39. The van der Waals surface area contributed by atoms with E-state index in [1.54, 1.807) is 6.07 Å². The zero-order valence-electron chi connectivity index (χ0n) is 15.2. The molecule has 140 valence electrons. The molecule has 2 aromatic rings. The number of nitrogens with one attached hydrogen (secondary N) is 2. The molecule has 2 saturated heterocycles. The zero-order chi connectivity index (χ0) is 18.8. The summed E-state index contributed by atoms with van der Waals surface area (Å²) >= 11 is 0. The molecule has 0 saturated carbocycles. The van der Waals surface area contributed by atoms with Crippen molar-refractivity contribution in [1.29, 1.82) is 0 Å². The van der Waals surface area contributed by atoms with E-state index in [1.165, 1.54) is 33.6 Å². The number of carbonyl (C=O) groups excluding carboxylic acids is 2. The lowest BCUT2D eigenvalue weighted by Crippen LogP contribution is -3.29. The first-order valence-corrected chi connectivity index (χ1v) is 9.46.